The average Bonchev–Trinajstić information content (AvgIpc) is 3.01. The summed E-state index contributed by atoms with van der Waals surface area (Å²) >= 11 is 0. The number of nitrogens with zero attached hydrogens (tertiary/aromatic N) is 3. The van der Waals surface area contributed by atoms with Gasteiger partial charge >= 0.3 is 0 Å². The SMILES string of the molecule is Cc1ccc(/C=C/Cn2nnc3ccccc32)c2ccccc12. The Morgan fingerprint density at radius 3 is 2.61 bits per heavy atom. The molecule has 0 unspecified atom stereocenters. The van der Waals surface area contributed by atoms with Gasteiger partial charge in [-0.3, -0.25) is 0 Å². The fourth-order valence-corrected chi connectivity index (χ4v) is 2.95. The molecule has 4 rings (SSSR count). The molecule has 23 heavy (non-hydrogen) atoms. The standard InChI is InChI=1S/C20H17N3/c1-15-12-13-16(18-9-3-2-8-17(15)18)7-6-14-23-20-11-5-4-10-19(20)21-22-23/h2-13H,14H2,1H3/b7-6+. The first-order valence-corrected chi connectivity index (χ1v) is 7.76. The van der Waals surface area contributed by atoms with Gasteiger partial charge in [0.15, 0.2) is 0 Å². The zero-order valence-electron chi connectivity index (χ0n) is 13.0. The fraction of sp³-hybridized carbons (Fsp3) is 0.100. The van der Waals surface area contributed by atoms with Gasteiger partial charge in [-0.05, 0) is 41.0 Å². The highest BCUT2D eigenvalue weighted by molar-refractivity contribution is 5.92. The number of allylic oxidation sites excluding steroid dienone is 1. The molecule has 0 aliphatic heterocycles. The second-order valence-corrected chi connectivity index (χ2v) is 5.68. The summed E-state index contributed by atoms with van der Waals surface area (Å²) in [5.41, 5.74) is 4.53. The highest BCUT2D eigenvalue weighted by atomic mass is 15.4. The summed E-state index contributed by atoms with van der Waals surface area (Å²) in [5, 5.41) is 11.0. The van der Waals surface area contributed by atoms with Crippen LogP contribution in [0.3, 0.4) is 0 Å². The van der Waals surface area contributed by atoms with E-state index in [1.165, 1.54) is 21.9 Å². The molecule has 4 aromatic rings. The number of hydrogen-bond donors (Lipinski definition) is 0. The van der Waals surface area contributed by atoms with Gasteiger partial charge in [-0.15, -0.1) is 5.10 Å². The highest BCUT2D eigenvalue weighted by Gasteiger charge is 2.02. The molecule has 0 N–H and O–H groups in total. The van der Waals surface area contributed by atoms with Gasteiger partial charge in [-0.1, -0.05) is 65.9 Å². The molecule has 0 atom stereocenters. The number of rotatable bonds is 3. The lowest BCUT2D eigenvalue weighted by Gasteiger charge is -2.05. The van der Waals surface area contributed by atoms with Gasteiger partial charge in [0.2, 0.25) is 0 Å². The molecule has 0 fully saturated rings. The van der Waals surface area contributed by atoms with Crippen molar-refractivity contribution in [3.05, 3.63) is 77.9 Å². The van der Waals surface area contributed by atoms with E-state index in [4.69, 9.17) is 0 Å². The van der Waals surface area contributed by atoms with Crippen molar-refractivity contribution in [3.8, 4) is 0 Å². The number of aryl methyl sites for hydroxylation is 1. The Morgan fingerprint density at radius 2 is 1.70 bits per heavy atom. The summed E-state index contributed by atoms with van der Waals surface area (Å²) in [5.74, 6) is 0. The van der Waals surface area contributed by atoms with Crippen LogP contribution in [0.15, 0.2) is 66.7 Å². The smallest absolute Gasteiger partial charge is 0.113 e. The van der Waals surface area contributed by atoms with Gasteiger partial charge in [-0.2, -0.15) is 0 Å². The minimum absolute atomic E-state index is 0.711. The van der Waals surface area contributed by atoms with Crippen molar-refractivity contribution in [3.63, 3.8) is 0 Å². The fourth-order valence-electron chi connectivity index (χ4n) is 2.95. The van der Waals surface area contributed by atoms with Crippen LogP contribution in [0.2, 0.25) is 0 Å². The molecule has 3 heteroatoms. The van der Waals surface area contributed by atoms with Gasteiger partial charge in [0, 0.05) is 0 Å². The molecule has 3 aromatic carbocycles. The summed E-state index contributed by atoms with van der Waals surface area (Å²) in [6.45, 7) is 2.86. The summed E-state index contributed by atoms with van der Waals surface area (Å²) in [4.78, 5) is 0. The Kier molecular flexibility index (Phi) is 3.39. The maximum Gasteiger partial charge on any atom is 0.113 e. The van der Waals surface area contributed by atoms with Crippen LogP contribution in [0.1, 0.15) is 11.1 Å². The normalized spacial score (nSPS) is 11.7. The van der Waals surface area contributed by atoms with E-state index in [-0.39, 0.29) is 0 Å². The van der Waals surface area contributed by atoms with Crippen molar-refractivity contribution in [1.82, 2.24) is 15.0 Å². The summed E-state index contributed by atoms with van der Waals surface area (Å²) < 4.78 is 1.92. The molecule has 1 heterocycles. The number of benzene rings is 3. The van der Waals surface area contributed by atoms with Crippen molar-refractivity contribution >= 4 is 27.9 Å². The van der Waals surface area contributed by atoms with Crippen LogP contribution in [0, 0.1) is 6.92 Å². The molecule has 1 aromatic heterocycles. The minimum Gasteiger partial charge on any atom is -0.241 e. The number of hydrogen-bond acceptors (Lipinski definition) is 2. The molecule has 0 saturated heterocycles. The van der Waals surface area contributed by atoms with E-state index in [9.17, 15) is 0 Å². The van der Waals surface area contributed by atoms with Crippen LogP contribution in [0.25, 0.3) is 27.9 Å². The van der Waals surface area contributed by atoms with E-state index in [0.717, 1.165) is 11.0 Å². The van der Waals surface area contributed by atoms with Crippen LogP contribution in [0.4, 0.5) is 0 Å². The first-order valence-electron chi connectivity index (χ1n) is 7.76. The van der Waals surface area contributed by atoms with Crippen LogP contribution in [-0.2, 0) is 6.54 Å². The van der Waals surface area contributed by atoms with E-state index < -0.39 is 0 Å². The van der Waals surface area contributed by atoms with E-state index >= 15 is 0 Å². The Bertz CT molecular complexity index is 1010. The van der Waals surface area contributed by atoms with Crippen LogP contribution in [0.5, 0.6) is 0 Å². The zero-order valence-corrected chi connectivity index (χ0v) is 13.0. The first kappa shape index (κ1) is 13.7. The van der Waals surface area contributed by atoms with Crippen molar-refractivity contribution in [2.24, 2.45) is 0 Å². The molecule has 0 bridgehead atoms. The lowest BCUT2D eigenvalue weighted by molar-refractivity contribution is 0.684. The maximum absolute atomic E-state index is 4.22. The van der Waals surface area contributed by atoms with Crippen molar-refractivity contribution in [1.29, 1.82) is 0 Å². The first-order chi connectivity index (χ1) is 11.3. The molecule has 112 valence electrons. The minimum atomic E-state index is 0.711. The molecule has 0 amide bonds. The quantitative estimate of drug-likeness (QED) is 0.553. The average molecular weight is 299 g/mol. The maximum atomic E-state index is 4.22. The van der Waals surface area contributed by atoms with Gasteiger partial charge in [0.05, 0.1) is 12.1 Å². The van der Waals surface area contributed by atoms with Gasteiger partial charge in [0.25, 0.3) is 0 Å². The Labute approximate surface area is 134 Å². The molecular weight excluding hydrogens is 282 g/mol. The van der Waals surface area contributed by atoms with E-state index in [2.05, 4.69) is 65.8 Å². The molecule has 0 saturated carbocycles. The molecular formula is C20H17N3. The molecule has 3 nitrogen and oxygen atoms in total. The monoisotopic (exact) mass is 299 g/mol. The topological polar surface area (TPSA) is 30.7 Å². The summed E-state index contributed by atoms with van der Waals surface area (Å²) in [6, 6.07) is 20.9. The van der Waals surface area contributed by atoms with Gasteiger partial charge in [0.1, 0.15) is 5.52 Å². The van der Waals surface area contributed by atoms with Crippen molar-refractivity contribution < 1.29 is 0 Å². The molecule has 0 radical (unpaired) electrons. The Morgan fingerprint density at radius 1 is 0.913 bits per heavy atom. The van der Waals surface area contributed by atoms with Crippen molar-refractivity contribution in [2.45, 2.75) is 13.5 Å². The predicted molar refractivity (Wildman–Crippen MR) is 95.2 cm³/mol. The predicted octanol–water partition coefficient (Wildman–Crippen LogP) is 4.61. The van der Waals surface area contributed by atoms with E-state index in [0.29, 0.717) is 6.54 Å². The third kappa shape index (κ3) is 2.50. The Hall–Kier alpha value is -2.94. The van der Waals surface area contributed by atoms with Gasteiger partial charge in [-0.25, -0.2) is 4.68 Å². The summed E-state index contributed by atoms with van der Waals surface area (Å²) in [6.07, 6.45) is 4.30. The Balaban J connectivity index is 1.66. The molecule has 0 aliphatic rings. The molecule has 0 spiro atoms. The highest BCUT2D eigenvalue weighted by Crippen LogP contribution is 2.23. The third-order valence-corrected chi connectivity index (χ3v) is 4.17. The molecule has 0 aliphatic carbocycles. The lowest BCUT2D eigenvalue weighted by atomic mass is 10.00. The number of fused-ring (bicyclic) bond motifs is 2. The van der Waals surface area contributed by atoms with Crippen LogP contribution < -0.4 is 0 Å². The van der Waals surface area contributed by atoms with Crippen LogP contribution >= 0.6 is 0 Å². The van der Waals surface area contributed by atoms with Crippen molar-refractivity contribution in [2.75, 3.05) is 0 Å². The summed E-state index contributed by atoms with van der Waals surface area (Å²) in [7, 11) is 0. The lowest BCUT2D eigenvalue weighted by Crippen LogP contribution is -1.97. The third-order valence-electron chi connectivity index (χ3n) is 4.17. The van der Waals surface area contributed by atoms with Gasteiger partial charge < -0.3 is 0 Å². The second-order valence-electron chi connectivity index (χ2n) is 5.68. The number of aromatic nitrogens is 3. The van der Waals surface area contributed by atoms with E-state index in [1.54, 1.807) is 0 Å². The van der Waals surface area contributed by atoms with E-state index in [1.807, 2.05) is 28.9 Å². The number of para-hydroxylation sites is 1. The largest absolute Gasteiger partial charge is 0.241 e. The second kappa shape index (κ2) is 5.69. The zero-order chi connectivity index (χ0) is 15.6. The van der Waals surface area contributed by atoms with Crippen LogP contribution in [-0.4, -0.2) is 15.0 Å².